The molecule has 1 aliphatic rings. The van der Waals surface area contributed by atoms with Crippen molar-refractivity contribution in [2.45, 2.75) is 18.9 Å². The maximum Gasteiger partial charge on any atom is 0.227 e. The Morgan fingerprint density at radius 1 is 1.43 bits per heavy atom. The van der Waals surface area contributed by atoms with Crippen molar-refractivity contribution in [2.75, 3.05) is 20.1 Å². The van der Waals surface area contributed by atoms with E-state index >= 15 is 0 Å². The molecule has 1 fully saturated rings. The van der Waals surface area contributed by atoms with Crippen molar-refractivity contribution < 1.29 is 4.79 Å². The van der Waals surface area contributed by atoms with Gasteiger partial charge in [0.25, 0.3) is 0 Å². The highest BCUT2D eigenvalue weighted by molar-refractivity contribution is 5.78. The average Bonchev–Trinajstić information content (AvgIpc) is 3.19. The number of hydrogen-bond acceptors (Lipinski definition) is 3. The van der Waals surface area contributed by atoms with E-state index in [1.807, 2.05) is 48.5 Å². The van der Waals surface area contributed by atoms with E-state index < -0.39 is 0 Å². The van der Waals surface area contributed by atoms with E-state index in [2.05, 4.69) is 10.4 Å². The Labute approximate surface area is 124 Å². The van der Waals surface area contributed by atoms with E-state index in [-0.39, 0.29) is 5.91 Å². The lowest BCUT2D eigenvalue weighted by molar-refractivity contribution is -0.130. The second kappa shape index (κ2) is 6.10. The number of likely N-dealkylation sites (N-methyl/N-ethyl adjacent to an activating group) is 1. The maximum absolute atomic E-state index is 12.3. The number of para-hydroxylation sites is 1. The molecule has 5 nitrogen and oxygen atoms in total. The molecule has 5 heteroatoms. The molecule has 110 valence electrons. The van der Waals surface area contributed by atoms with Gasteiger partial charge in [0, 0.05) is 25.8 Å². The molecule has 1 N–H and O–H groups in total. The number of amides is 1. The first-order chi connectivity index (χ1) is 10.2. The fourth-order valence-electron chi connectivity index (χ4n) is 2.65. The molecule has 3 rings (SSSR count). The van der Waals surface area contributed by atoms with Crippen molar-refractivity contribution >= 4 is 5.91 Å². The van der Waals surface area contributed by atoms with Gasteiger partial charge in [0.15, 0.2) is 0 Å². The summed E-state index contributed by atoms with van der Waals surface area (Å²) in [6.45, 7) is 1.89. The third kappa shape index (κ3) is 3.13. The Bertz CT molecular complexity index is 602. The van der Waals surface area contributed by atoms with E-state index in [9.17, 15) is 4.79 Å². The summed E-state index contributed by atoms with van der Waals surface area (Å²) in [4.78, 5) is 14.2. The van der Waals surface area contributed by atoms with Gasteiger partial charge < -0.3 is 10.2 Å². The normalized spacial score (nSPS) is 17.9. The van der Waals surface area contributed by atoms with E-state index in [0.717, 1.165) is 30.8 Å². The molecule has 1 amide bonds. The Balaban J connectivity index is 1.65. The highest BCUT2D eigenvalue weighted by atomic mass is 16.2. The first-order valence-corrected chi connectivity index (χ1v) is 7.29. The molecular formula is C16H20N4O. The lowest BCUT2D eigenvalue weighted by atomic mass is 10.2. The van der Waals surface area contributed by atoms with Crippen LogP contribution >= 0.6 is 0 Å². The molecule has 2 aromatic rings. The summed E-state index contributed by atoms with van der Waals surface area (Å²) in [5.41, 5.74) is 1.95. The highest BCUT2D eigenvalue weighted by Crippen LogP contribution is 2.11. The number of hydrogen-bond donors (Lipinski definition) is 1. The van der Waals surface area contributed by atoms with Crippen LogP contribution < -0.4 is 5.32 Å². The minimum Gasteiger partial charge on any atom is -0.341 e. The van der Waals surface area contributed by atoms with Gasteiger partial charge in [-0.15, -0.1) is 0 Å². The van der Waals surface area contributed by atoms with Crippen LogP contribution in [0.25, 0.3) is 5.69 Å². The first-order valence-electron chi connectivity index (χ1n) is 7.29. The molecule has 0 bridgehead atoms. The third-order valence-corrected chi connectivity index (χ3v) is 3.99. The van der Waals surface area contributed by atoms with E-state index in [4.69, 9.17) is 0 Å². The molecule has 1 aromatic heterocycles. The molecule has 2 heterocycles. The SMILES string of the molecule is CN(C(=O)Cc1cnn(-c2ccccc2)c1)C1CCNC1. The van der Waals surface area contributed by atoms with Crippen LogP contribution in [0.15, 0.2) is 42.7 Å². The second-order valence-corrected chi connectivity index (χ2v) is 5.46. The van der Waals surface area contributed by atoms with E-state index in [1.165, 1.54) is 0 Å². The number of carbonyl (C=O) groups excluding carboxylic acids is 1. The van der Waals surface area contributed by atoms with Crippen molar-refractivity contribution in [3.63, 3.8) is 0 Å². The van der Waals surface area contributed by atoms with Crippen molar-refractivity contribution in [2.24, 2.45) is 0 Å². The topological polar surface area (TPSA) is 50.2 Å². The van der Waals surface area contributed by atoms with Gasteiger partial charge in [0.2, 0.25) is 5.91 Å². The number of carbonyl (C=O) groups is 1. The lowest BCUT2D eigenvalue weighted by Gasteiger charge is -2.23. The second-order valence-electron chi connectivity index (χ2n) is 5.46. The molecule has 0 saturated carbocycles. The van der Waals surface area contributed by atoms with Crippen LogP contribution in [-0.4, -0.2) is 46.8 Å². The zero-order valence-electron chi connectivity index (χ0n) is 12.2. The maximum atomic E-state index is 12.3. The summed E-state index contributed by atoms with van der Waals surface area (Å²) >= 11 is 0. The van der Waals surface area contributed by atoms with Gasteiger partial charge in [0.1, 0.15) is 0 Å². The summed E-state index contributed by atoms with van der Waals surface area (Å²) in [5.74, 6) is 0.149. The molecule has 1 atom stereocenters. The lowest BCUT2D eigenvalue weighted by Crippen LogP contribution is -2.39. The largest absolute Gasteiger partial charge is 0.341 e. The van der Waals surface area contributed by atoms with Gasteiger partial charge >= 0.3 is 0 Å². The zero-order valence-corrected chi connectivity index (χ0v) is 12.2. The Morgan fingerprint density at radius 3 is 2.95 bits per heavy atom. The van der Waals surface area contributed by atoms with Gasteiger partial charge in [-0.25, -0.2) is 4.68 Å². The molecule has 1 aliphatic heterocycles. The van der Waals surface area contributed by atoms with E-state index in [1.54, 1.807) is 10.9 Å². The zero-order chi connectivity index (χ0) is 14.7. The molecular weight excluding hydrogens is 264 g/mol. The van der Waals surface area contributed by atoms with Crippen LogP contribution in [-0.2, 0) is 11.2 Å². The van der Waals surface area contributed by atoms with Crippen LogP contribution in [0.5, 0.6) is 0 Å². The third-order valence-electron chi connectivity index (χ3n) is 3.99. The van der Waals surface area contributed by atoms with Gasteiger partial charge in [-0.1, -0.05) is 18.2 Å². The fourth-order valence-corrected chi connectivity index (χ4v) is 2.65. The fraction of sp³-hybridized carbons (Fsp3) is 0.375. The summed E-state index contributed by atoms with van der Waals surface area (Å²) in [5, 5.41) is 7.62. The van der Waals surface area contributed by atoms with Crippen LogP contribution in [0.3, 0.4) is 0 Å². The summed E-state index contributed by atoms with van der Waals surface area (Å²) < 4.78 is 1.81. The van der Waals surface area contributed by atoms with Gasteiger partial charge in [-0.2, -0.15) is 5.10 Å². The summed E-state index contributed by atoms with van der Waals surface area (Å²) in [6, 6.07) is 10.2. The molecule has 0 aliphatic carbocycles. The summed E-state index contributed by atoms with van der Waals surface area (Å²) in [6.07, 6.45) is 5.13. The Hall–Kier alpha value is -2.14. The molecule has 0 radical (unpaired) electrons. The molecule has 1 aromatic carbocycles. The highest BCUT2D eigenvalue weighted by Gasteiger charge is 2.23. The van der Waals surface area contributed by atoms with Crippen LogP contribution in [0, 0.1) is 0 Å². The predicted octanol–water partition coefficient (Wildman–Crippen LogP) is 1.24. The standard InChI is InChI=1S/C16H20N4O/c1-19(15-7-8-17-11-15)16(21)9-13-10-18-20(12-13)14-5-3-2-4-6-14/h2-6,10,12,15,17H,7-9,11H2,1H3. The number of benzene rings is 1. The minimum atomic E-state index is 0.149. The first kappa shape index (κ1) is 13.8. The number of nitrogens with one attached hydrogen (secondary N) is 1. The predicted molar refractivity (Wildman–Crippen MR) is 81.3 cm³/mol. The average molecular weight is 284 g/mol. The molecule has 1 saturated heterocycles. The molecule has 0 spiro atoms. The van der Waals surface area contributed by atoms with E-state index in [0.29, 0.717) is 12.5 Å². The van der Waals surface area contributed by atoms with Gasteiger partial charge in [-0.3, -0.25) is 4.79 Å². The number of rotatable bonds is 4. The summed E-state index contributed by atoms with van der Waals surface area (Å²) in [7, 11) is 1.89. The van der Waals surface area contributed by atoms with Crippen LogP contribution in [0.4, 0.5) is 0 Å². The van der Waals surface area contributed by atoms with Crippen molar-refractivity contribution in [3.8, 4) is 5.69 Å². The quantitative estimate of drug-likeness (QED) is 0.919. The molecule has 1 unspecified atom stereocenters. The van der Waals surface area contributed by atoms with Crippen LogP contribution in [0.1, 0.15) is 12.0 Å². The van der Waals surface area contributed by atoms with Gasteiger partial charge in [-0.05, 0) is 30.7 Å². The Morgan fingerprint density at radius 2 is 2.24 bits per heavy atom. The smallest absolute Gasteiger partial charge is 0.227 e. The monoisotopic (exact) mass is 284 g/mol. The van der Waals surface area contributed by atoms with Crippen molar-refractivity contribution in [1.82, 2.24) is 20.0 Å². The number of aromatic nitrogens is 2. The Kier molecular flexibility index (Phi) is 4.01. The molecule has 21 heavy (non-hydrogen) atoms. The number of nitrogens with zero attached hydrogens (tertiary/aromatic N) is 3. The van der Waals surface area contributed by atoms with Crippen molar-refractivity contribution in [1.29, 1.82) is 0 Å². The van der Waals surface area contributed by atoms with Crippen LogP contribution in [0.2, 0.25) is 0 Å². The minimum absolute atomic E-state index is 0.149. The van der Waals surface area contributed by atoms with Crippen molar-refractivity contribution in [3.05, 3.63) is 48.3 Å². The van der Waals surface area contributed by atoms with Gasteiger partial charge in [0.05, 0.1) is 18.3 Å².